The van der Waals surface area contributed by atoms with Crippen LogP contribution in [0.2, 0.25) is 0 Å². The van der Waals surface area contributed by atoms with Crippen LogP contribution < -0.4 is 10.6 Å². The summed E-state index contributed by atoms with van der Waals surface area (Å²) in [5, 5.41) is 6.84. The number of nitrogens with one attached hydrogen (secondary N) is 2. The molecular weight excluding hydrogens is 264 g/mol. The van der Waals surface area contributed by atoms with E-state index in [0.717, 1.165) is 19.6 Å². The number of halogens is 1. The highest BCUT2D eigenvalue weighted by atomic mass is 79.9. The van der Waals surface area contributed by atoms with Gasteiger partial charge in [-0.15, -0.1) is 0 Å². The van der Waals surface area contributed by atoms with Gasteiger partial charge in [0.1, 0.15) is 0 Å². The highest BCUT2D eigenvalue weighted by Gasteiger charge is 2.41. The Morgan fingerprint density at radius 3 is 2.62 bits per heavy atom. The predicted octanol–water partition coefficient (Wildman–Crippen LogP) is 2.54. The van der Waals surface area contributed by atoms with Crippen molar-refractivity contribution in [3.63, 3.8) is 0 Å². The molecule has 0 radical (unpaired) electrons. The molecule has 0 heterocycles. The van der Waals surface area contributed by atoms with E-state index in [9.17, 15) is 0 Å². The van der Waals surface area contributed by atoms with E-state index in [-0.39, 0.29) is 0 Å². The van der Waals surface area contributed by atoms with Crippen molar-refractivity contribution in [3.05, 3.63) is 34.3 Å². The third-order valence-electron chi connectivity index (χ3n) is 3.28. The summed E-state index contributed by atoms with van der Waals surface area (Å²) in [5.74, 6) is 0. The molecule has 1 saturated carbocycles. The zero-order valence-corrected chi connectivity index (χ0v) is 11.3. The summed E-state index contributed by atoms with van der Waals surface area (Å²) in [6.07, 6.45) is 2.72. The molecule has 0 unspecified atom stereocenters. The number of benzene rings is 1. The standard InChI is InChI=1S/C13H19BrN2/c1-15-9-13(6-7-13)10-16-8-11-4-2-3-5-12(11)14/h2-5,15-16H,6-10H2,1H3. The number of hydrogen-bond donors (Lipinski definition) is 2. The molecule has 0 saturated heterocycles. The van der Waals surface area contributed by atoms with Crippen LogP contribution in [0, 0.1) is 5.41 Å². The van der Waals surface area contributed by atoms with Crippen molar-refractivity contribution in [2.24, 2.45) is 5.41 Å². The van der Waals surface area contributed by atoms with E-state index in [4.69, 9.17) is 0 Å². The lowest BCUT2D eigenvalue weighted by Gasteiger charge is -2.15. The first-order valence-electron chi connectivity index (χ1n) is 5.84. The van der Waals surface area contributed by atoms with Crippen molar-refractivity contribution in [1.29, 1.82) is 0 Å². The molecule has 0 aliphatic heterocycles. The third kappa shape index (κ3) is 3.06. The fourth-order valence-electron chi connectivity index (χ4n) is 2.07. The van der Waals surface area contributed by atoms with Gasteiger partial charge in [0.2, 0.25) is 0 Å². The number of rotatable bonds is 6. The van der Waals surface area contributed by atoms with Crippen molar-refractivity contribution in [2.45, 2.75) is 19.4 Å². The summed E-state index contributed by atoms with van der Waals surface area (Å²) in [6, 6.07) is 8.39. The van der Waals surface area contributed by atoms with Crippen LogP contribution in [0.4, 0.5) is 0 Å². The van der Waals surface area contributed by atoms with Gasteiger partial charge in [0.05, 0.1) is 0 Å². The maximum absolute atomic E-state index is 3.57. The van der Waals surface area contributed by atoms with Crippen LogP contribution in [-0.2, 0) is 6.54 Å². The molecule has 1 aromatic rings. The Balaban J connectivity index is 1.78. The Kier molecular flexibility index (Phi) is 4.00. The molecule has 1 aliphatic rings. The summed E-state index contributed by atoms with van der Waals surface area (Å²) in [4.78, 5) is 0. The molecule has 1 aliphatic carbocycles. The Bertz CT molecular complexity index is 348. The first-order valence-corrected chi connectivity index (χ1v) is 6.64. The van der Waals surface area contributed by atoms with Gasteiger partial charge >= 0.3 is 0 Å². The molecule has 1 aromatic carbocycles. The van der Waals surface area contributed by atoms with Crippen LogP contribution >= 0.6 is 15.9 Å². The van der Waals surface area contributed by atoms with Crippen LogP contribution in [0.3, 0.4) is 0 Å². The van der Waals surface area contributed by atoms with Crippen molar-refractivity contribution < 1.29 is 0 Å². The Labute approximate surface area is 106 Å². The molecule has 0 atom stereocenters. The summed E-state index contributed by atoms with van der Waals surface area (Å²) >= 11 is 3.57. The second-order valence-electron chi connectivity index (χ2n) is 4.73. The van der Waals surface area contributed by atoms with Gasteiger partial charge in [-0.3, -0.25) is 0 Å². The monoisotopic (exact) mass is 282 g/mol. The van der Waals surface area contributed by atoms with Crippen molar-refractivity contribution in [2.75, 3.05) is 20.1 Å². The van der Waals surface area contributed by atoms with Gasteiger partial charge in [-0.25, -0.2) is 0 Å². The third-order valence-corrected chi connectivity index (χ3v) is 4.06. The average Bonchev–Trinajstić information content (AvgIpc) is 3.02. The molecule has 16 heavy (non-hydrogen) atoms. The van der Waals surface area contributed by atoms with Crippen LogP contribution in [-0.4, -0.2) is 20.1 Å². The van der Waals surface area contributed by atoms with Crippen LogP contribution in [0.5, 0.6) is 0 Å². The minimum absolute atomic E-state index is 0.538. The zero-order chi connectivity index (χ0) is 11.4. The smallest absolute Gasteiger partial charge is 0.0220 e. The molecule has 2 nitrogen and oxygen atoms in total. The average molecular weight is 283 g/mol. The van der Waals surface area contributed by atoms with Gasteiger partial charge in [-0.2, -0.15) is 0 Å². The minimum atomic E-state index is 0.538. The van der Waals surface area contributed by atoms with Crippen LogP contribution in [0.15, 0.2) is 28.7 Å². The zero-order valence-electron chi connectivity index (χ0n) is 9.72. The quantitative estimate of drug-likeness (QED) is 0.838. The fourth-order valence-corrected chi connectivity index (χ4v) is 2.50. The molecule has 1 fully saturated rings. The topological polar surface area (TPSA) is 24.1 Å². The minimum Gasteiger partial charge on any atom is -0.319 e. The largest absolute Gasteiger partial charge is 0.319 e. The maximum atomic E-state index is 3.57. The second-order valence-corrected chi connectivity index (χ2v) is 5.58. The van der Waals surface area contributed by atoms with Gasteiger partial charge in [0.25, 0.3) is 0 Å². The van der Waals surface area contributed by atoms with E-state index in [2.05, 4.69) is 50.8 Å². The lowest BCUT2D eigenvalue weighted by atomic mass is 10.1. The molecule has 0 amide bonds. The van der Waals surface area contributed by atoms with Gasteiger partial charge in [0.15, 0.2) is 0 Å². The van der Waals surface area contributed by atoms with E-state index in [1.165, 1.54) is 22.9 Å². The lowest BCUT2D eigenvalue weighted by molar-refractivity contribution is 0.438. The molecule has 0 bridgehead atoms. The Hall–Kier alpha value is -0.380. The summed E-state index contributed by atoms with van der Waals surface area (Å²) in [7, 11) is 2.04. The van der Waals surface area contributed by atoms with E-state index in [0.29, 0.717) is 5.41 Å². The molecule has 88 valence electrons. The van der Waals surface area contributed by atoms with Crippen molar-refractivity contribution in [1.82, 2.24) is 10.6 Å². The normalized spacial score (nSPS) is 17.4. The van der Waals surface area contributed by atoms with Crippen molar-refractivity contribution in [3.8, 4) is 0 Å². The molecule has 0 aromatic heterocycles. The SMILES string of the molecule is CNCC1(CNCc2ccccc2Br)CC1. The van der Waals surface area contributed by atoms with Gasteiger partial charge in [-0.05, 0) is 36.9 Å². The second kappa shape index (κ2) is 5.30. The van der Waals surface area contributed by atoms with Crippen molar-refractivity contribution >= 4 is 15.9 Å². The van der Waals surface area contributed by atoms with Crippen LogP contribution in [0.25, 0.3) is 0 Å². The van der Waals surface area contributed by atoms with E-state index >= 15 is 0 Å². The first kappa shape index (κ1) is 12.1. The first-order chi connectivity index (χ1) is 7.76. The van der Waals surface area contributed by atoms with E-state index < -0.39 is 0 Å². The van der Waals surface area contributed by atoms with Gasteiger partial charge in [-0.1, -0.05) is 34.1 Å². The van der Waals surface area contributed by atoms with Crippen LogP contribution in [0.1, 0.15) is 18.4 Å². The maximum Gasteiger partial charge on any atom is 0.0220 e. The highest BCUT2D eigenvalue weighted by molar-refractivity contribution is 9.10. The lowest BCUT2D eigenvalue weighted by Crippen LogP contribution is -2.31. The Morgan fingerprint density at radius 1 is 1.25 bits per heavy atom. The van der Waals surface area contributed by atoms with Gasteiger partial charge in [0, 0.05) is 24.1 Å². The predicted molar refractivity (Wildman–Crippen MR) is 71.4 cm³/mol. The molecule has 0 spiro atoms. The molecular formula is C13H19BrN2. The molecule has 2 rings (SSSR count). The number of hydrogen-bond acceptors (Lipinski definition) is 2. The van der Waals surface area contributed by atoms with E-state index in [1.54, 1.807) is 0 Å². The van der Waals surface area contributed by atoms with E-state index in [1.807, 2.05) is 7.05 Å². The molecule has 3 heteroatoms. The summed E-state index contributed by atoms with van der Waals surface area (Å²) < 4.78 is 1.20. The molecule has 2 N–H and O–H groups in total. The fraction of sp³-hybridized carbons (Fsp3) is 0.538. The summed E-state index contributed by atoms with van der Waals surface area (Å²) in [5.41, 5.74) is 1.87. The highest BCUT2D eigenvalue weighted by Crippen LogP contribution is 2.44. The van der Waals surface area contributed by atoms with Gasteiger partial charge < -0.3 is 10.6 Å². The Morgan fingerprint density at radius 2 is 2.00 bits per heavy atom. The summed E-state index contributed by atoms with van der Waals surface area (Å²) in [6.45, 7) is 3.21.